The molecule has 0 saturated carbocycles. The summed E-state index contributed by atoms with van der Waals surface area (Å²) in [6, 6.07) is 10.8. The van der Waals surface area contributed by atoms with E-state index in [0.717, 1.165) is 0 Å². The highest BCUT2D eigenvalue weighted by Gasteiger charge is 2.11. The number of hydrogen-bond donors (Lipinski definition) is 1. The lowest BCUT2D eigenvalue weighted by atomic mass is 10.1. The van der Waals surface area contributed by atoms with Crippen molar-refractivity contribution in [2.24, 2.45) is 0 Å². The molecule has 0 radical (unpaired) electrons. The van der Waals surface area contributed by atoms with Crippen LogP contribution in [0, 0.1) is 29.9 Å². The fraction of sp³-hybridized carbons (Fsp3) is 0.0588. The fourth-order valence-electron chi connectivity index (χ4n) is 2.20. The van der Waals surface area contributed by atoms with E-state index in [-0.39, 0.29) is 11.4 Å². The van der Waals surface area contributed by atoms with Crippen LogP contribution in [0.5, 0.6) is 0 Å². The Kier molecular flexibility index (Phi) is 3.43. The van der Waals surface area contributed by atoms with Crippen molar-refractivity contribution >= 4 is 22.3 Å². The average Bonchev–Trinajstić information content (AvgIpc) is 2.51. The van der Waals surface area contributed by atoms with Crippen LogP contribution in [-0.4, -0.2) is 4.98 Å². The van der Waals surface area contributed by atoms with Crippen molar-refractivity contribution in [2.45, 2.75) is 6.92 Å². The number of anilines is 2. The first-order chi connectivity index (χ1) is 10.6. The van der Waals surface area contributed by atoms with E-state index in [1.165, 1.54) is 30.5 Å². The van der Waals surface area contributed by atoms with Crippen LogP contribution in [0.1, 0.15) is 11.1 Å². The van der Waals surface area contributed by atoms with E-state index < -0.39 is 5.82 Å². The highest BCUT2D eigenvalue weighted by atomic mass is 19.1. The third-order valence-corrected chi connectivity index (χ3v) is 3.39. The lowest BCUT2D eigenvalue weighted by Gasteiger charge is -2.12. The standard InChI is InChI=1S/C17H11F2N3/c1-10-2-4-13(7-15(10)19)22-17-11(8-20)9-21-16-5-3-12(18)6-14(16)17/h2-7,9H,1H3,(H,21,22). The SMILES string of the molecule is Cc1ccc(Nc2c(C#N)cnc3ccc(F)cc23)cc1F. The van der Waals surface area contributed by atoms with Crippen LogP contribution in [0.2, 0.25) is 0 Å². The number of hydrogen-bond acceptors (Lipinski definition) is 3. The number of fused-ring (bicyclic) bond motifs is 1. The van der Waals surface area contributed by atoms with E-state index in [1.807, 2.05) is 6.07 Å². The molecule has 0 aliphatic heterocycles. The minimum atomic E-state index is -0.428. The average molecular weight is 295 g/mol. The molecule has 1 aromatic heterocycles. The van der Waals surface area contributed by atoms with Gasteiger partial charge in [0.05, 0.1) is 16.8 Å². The molecule has 0 unspecified atom stereocenters. The second-order valence-corrected chi connectivity index (χ2v) is 4.91. The summed E-state index contributed by atoms with van der Waals surface area (Å²) in [4.78, 5) is 4.12. The van der Waals surface area contributed by atoms with Gasteiger partial charge in [-0.25, -0.2) is 8.78 Å². The first kappa shape index (κ1) is 14.0. The van der Waals surface area contributed by atoms with Gasteiger partial charge in [0.1, 0.15) is 17.7 Å². The van der Waals surface area contributed by atoms with Gasteiger partial charge in [0.2, 0.25) is 0 Å². The second-order valence-electron chi connectivity index (χ2n) is 4.91. The van der Waals surface area contributed by atoms with Gasteiger partial charge in [-0.2, -0.15) is 5.26 Å². The highest BCUT2D eigenvalue weighted by molar-refractivity contribution is 5.95. The topological polar surface area (TPSA) is 48.7 Å². The predicted octanol–water partition coefficient (Wildman–Crippen LogP) is 4.44. The molecule has 22 heavy (non-hydrogen) atoms. The van der Waals surface area contributed by atoms with Crippen molar-refractivity contribution in [3.05, 3.63) is 65.4 Å². The molecule has 1 heterocycles. The maximum atomic E-state index is 13.7. The van der Waals surface area contributed by atoms with E-state index in [4.69, 9.17) is 0 Å². The summed E-state index contributed by atoms with van der Waals surface area (Å²) in [7, 11) is 0. The van der Waals surface area contributed by atoms with E-state index in [9.17, 15) is 14.0 Å². The zero-order valence-electron chi connectivity index (χ0n) is 11.7. The largest absolute Gasteiger partial charge is 0.354 e. The third kappa shape index (κ3) is 2.47. The highest BCUT2D eigenvalue weighted by Crippen LogP contribution is 2.29. The molecule has 2 aromatic carbocycles. The predicted molar refractivity (Wildman–Crippen MR) is 80.8 cm³/mol. The summed E-state index contributed by atoms with van der Waals surface area (Å²) in [6.07, 6.45) is 1.41. The van der Waals surface area contributed by atoms with Gasteiger partial charge in [-0.1, -0.05) is 6.07 Å². The Bertz CT molecular complexity index is 914. The molecule has 0 saturated heterocycles. The first-order valence-electron chi connectivity index (χ1n) is 6.60. The Hall–Kier alpha value is -3.00. The number of pyridine rings is 1. The van der Waals surface area contributed by atoms with Gasteiger partial charge in [-0.15, -0.1) is 0 Å². The molecule has 3 aromatic rings. The van der Waals surface area contributed by atoms with Crippen molar-refractivity contribution < 1.29 is 8.78 Å². The zero-order chi connectivity index (χ0) is 15.7. The summed E-state index contributed by atoms with van der Waals surface area (Å²) in [5, 5.41) is 12.7. The van der Waals surface area contributed by atoms with Crippen molar-refractivity contribution in [1.29, 1.82) is 5.26 Å². The van der Waals surface area contributed by atoms with Gasteiger partial charge in [0, 0.05) is 17.3 Å². The van der Waals surface area contributed by atoms with Crippen molar-refractivity contribution in [3.63, 3.8) is 0 Å². The zero-order valence-corrected chi connectivity index (χ0v) is 11.7. The Balaban J connectivity index is 2.17. The number of nitrogens with zero attached hydrogens (tertiary/aromatic N) is 2. The molecule has 0 bridgehead atoms. The van der Waals surface area contributed by atoms with Crippen molar-refractivity contribution in [1.82, 2.24) is 4.98 Å². The van der Waals surface area contributed by atoms with Crippen LogP contribution in [0.15, 0.2) is 42.6 Å². The lowest BCUT2D eigenvalue weighted by Crippen LogP contribution is -1.98. The minimum Gasteiger partial charge on any atom is -0.354 e. The van der Waals surface area contributed by atoms with Gasteiger partial charge < -0.3 is 5.32 Å². The molecule has 3 nitrogen and oxygen atoms in total. The number of halogens is 2. The van der Waals surface area contributed by atoms with Crippen molar-refractivity contribution in [2.75, 3.05) is 5.32 Å². The van der Waals surface area contributed by atoms with Gasteiger partial charge in [-0.3, -0.25) is 4.98 Å². The van der Waals surface area contributed by atoms with E-state index in [0.29, 0.717) is 27.8 Å². The Morgan fingerprint density at radius 3 is 2.68 bits per heavy atom. The normalized spacial score (nSPS) is 10.5. The third-order valence-electron chi connectivity index (χ3n) is 3.39. The van der Waals surface area contributed by atoms with Crippen LogP contribution in [-0.2, 0) is 0 Å². The van der Waals surface area contributed by atoms with Crippen molar-refractivity contribution in [3.8, 4) is 6.07 Å². The number of nitrogens with one attached hydrogen (secondary N) is 1. The molecule has 3 rings (SSSR count). The molecule has 0 spiro atoms. The molecule has 0 aliphatic carbocycles. The number of rotatable bonds is 2. The van der Waals surface area contributed by atoms with E-state index in [2.05, 4.69) is 10.3 Å². The Morgan fingerprint density at radius 2 is 1.95 bits per heavy atom. The van der Waals surface area contributed by atoms with E-state index >= 15 is 0 Å². The smallest absolute Gasteiger partial charge is 0.128 e. The number of aryl methyl sites for hydroxylation is 1. The first-order valence-corrected chi connectivity index (χ1v) is 6.60. The molecule has 0 fully saturated rings. The molecule has 108 valence electrons. The molecule has 5 heteroatoms. The summed E-state index contributed by atoms with van der Waals surface area (Å²) >= 11 is 0. The van der Waals surface area contributed by atoms with E-state index in [1.54, 1.807) is 19.1 Å². The summed E-state index contributed by atoms with van der Waals surface area (Å²) in [6.45, 7) is 1.66. The van der Waals surface area contributed by atoms with Crippen LogP contribution in [0.4, 0.5) is 20.2 Å². The van der Waals surface area contributed by atoms with Crippen LogP contribution in [0.3, 0.4) is 0 Å². The summed E-state index contributed by atoms with van der Waals surface area (Å²) < 4.78 is 27.2. The van der Waals surface area contributed by atoms with Gasteiger partial charge in [0.15, 0.2) is 0 Å². The number of benzene rings is 2. The molecule has 0 atom stereocenters. The Morgan fingerprint density at radius 1 is 1.14 bits per heavy atom. The van der Waals surface area contributed by atoms with Crippen LogP contribution in [0.25, 0.3) is 10.9 Å². The molecule has 0 aliphatic rings. The monoisotopic (exact) mass is 295 g/mol. The lowest BCUT2D eigenvalue weighted by molar-refractivity contribution is 0.619. The van der Waals surface area contributed by atoms with Gasteiger partial charge in [-0.05, 0) is 42.8 Å². The van der Waals surface area contributed by atoms with Gasteiger partial charge >= 0.3 is 0 Å². The number of aromatic nitrogens is 1. The molecular formula is C17H11F2N3. The quantitative estimate of drug-likeness (QED) is 0.760. The Labute approximate surface area is 125 Å². The summed E-state index contributed by atoms with van der Waals surface area (Å²) in [5.41, 5.74) is 2.23. The maximum absolute atomic E-state index is 13.7. The molecule has 0 amide bonds. The van der Waals surface area contributed by atoms with Crippen LogP contribution >= 0.6 is 0 Å². The van der Waals surface area contributed by atoms with Crippen LogP contribution < -0.4 is 5.32 Å². The minimum absolute atomic E-state index is 0.263. The molecular weight excluding hydrogens is 284 g/mol. The van der Waals surface area contributed by atoms with Gasteiger partial charge in [0.25, 0.3) is 0 Å². The number of nitriles is 1. The fourth-order valence-corrected chi connectivity index (χ4v) is 2.20. The molecule has 1 N–H and O–H groups in total. The summed E-state index contributed by atoms with van der Waals surface area (Å²) in [5.74, 6) is -0.782. The maximum Gasteiger partial charge on any atom is 0.128 e. The second kappa shape index (κ2) is 5.41.